The van der Waals surface area contributed by atoms with Gasteiger partial charge >= 0.3 is 0 Å². The molecule has 27 heavy (non-hydrogen) atoms. The number of aryl methyl sites for hydroxylation is 2. The molecular weight excluding hydrogens is 359 g/mol. The molecule has 0 aliphatic rings. The number of fused-ring (bicyclic) bond motifs is 1. The molecule has 4 aromatic rings. The number of pyridine rings is 1. The molecule has 2 heterocycles. The summed E-state index contributed by atoms with van der Waals surface area (Å²) in [5.74, 6) is -0.233. The number of hydrogen-bond acceptors (Lipinski definition) is 1. The van der Waals surface area contributed by atoms with Crippen LogP contribution in [-0.4, -0.2) is 9.55 Å². The third-order valence-electron chi connectivity index (χ3n) is 5.12. The molecule has 0 spiro atoms. The minimum absolute atomic E-state index is 0. The summed E-state index contributed by atoms with van der Waals surface area (Å²) in [5.41, 5.74) is 7.94. The van der Waals surface area contributed by atoms with E-state index >= 15 is 0 Å². The van der Waals surface area contributed by atoms with Crippen molar-refractivity contribution in [1.29, 1.82) is 0 Å². The third-order valence-corrected chi connectivity index (χ3v) is 5.12. The van der Waals surface area contributed by atoms with E-state index in [2.05, 4.69) is 60.7 Å². The van der Waals surface area contributed by atoms with Gasteiger partial charge in [0.15, 0.2) is 0 Å². The van der Waals surface area contributed by atoms with Crippen LogP contribution in [0.1, 0.15) is 22.4 Å². The first kappa shape index (κ1) is 19.1. The molecule has 0 aliphatic carbocycles. The number of hydrogen-bond donors (Lipinski definition) is 0. The number of nitrogens with zero attached hydrogens (tertiary/aromatic N) is 2. The first-order valence-electron chi connectivity index (χ1n) is 8.80. The Morgan fingerprint density at radius 2 is 1.56 bits per heavy atom. The zero-order valence-electron chi connectivity index (χ0n) is 15.7. The third kappa shape index (κ3) is 3.47. The van der Waals surface area contributed by atoms with Crippen molar-refractivity contribution in [3.63, 3.8) is 0 Å². The fourth-order valence-electron chi connectivity index (χ4n) is 3.49. The molecule has 2 aromatic carbocycles. The summed E-state index contributed by atoms with van der Waals surface area (Å²) in [7, 11) is 0. The molecule has 0 amide bonds. The zero-order valence-corrected chi connectivity index (χ0v) is 16.5. The number of rotatable bonds is 3. The fourth-order valence-corrected chi connectivity index (χ4v) is 3.49. The Labute approximate surface area is 165 Å². The molecule has 0 radical (unpaired) electrons. The van der Waals surface area contributed by atoms with E-state index in [1.807, 2.05) is 6.20 Å². The quantitative estimate of drug-likeness (QED) is 0.411. The van der Waals surface area contributed by atoms with Crippen molar-refractivity contribution >= 4 is 23.3 Å². The fraction of sp³-hybridized carbons (Fsp3) is 0.174. The van der Waals surface area contributed by atoms with Crippen LogP contribution in [0, 0.1) is 26.6 Å². The Balaban J connectivity index is 0.00000210. The van der Waals surface area contributed by atoms with Crippen molar-refractivity contribution in [3.05, 3.63) is 89.0 Å². The van der Waals surface area contributed by atoms with E-state index in [0.717, 1.165) is 23.3 Å². The van der Waals surface area contributed by atoms with Crippen LogP contribution in [0.2, 0.25) is 0 Å². The second-order valence-corrected chi connectivity index (χ2v) is 6.84. The van der Waals surface area contributed by atoms with Crippen molar-refractivity contribution in [2.75, 3.05) is 0 Å². The molecule has 0 unspecified atom stereocenters. The van der Waals surface area contributed by atoms with Gasteiger partial charge in [0.1, 0.15) is 5.82 Å². The number of halogens is 2. The highest BCUT2D eigenvalue weighted by atomic mass is 35.5. The van der Waals surface area contributed by atoms with Crippen LogP contribution >= 0.6 is 12.4 Å². The average molecular weight is 381 g/mol. The van der Waals surface area contributed by atoms with Crippen LogP contribution < -0.4 is 0 Å². The van der Waals surface area contributed by atoms with Gasteiger partial charge in [0, 0.05) is 29.4 Å². The number of aromatic nitrogens is 2. The second-order valence-electron chi connectivity index (χ2n) is 6.84. The second kappa shape index (κ2) is 7.53. The molecular formula is C23H22ClFN2. The topological polar surface area (TPSA) is 17.8 Å². The number of benzene rings is 2. The van der Waals surface area contributed by atoms with Crippen molar-refractivity contribution < 1.29 is 4.39 Å². The van der Waals surface area contributed by atoms with Crippen molar-refractivity contribution in [2.45, 2.75) is 27.3 Å². The Kier molecular flexibility index (Phi) is 5.33. The Bertz CT molecular complexity index is 1080. The molecule has 0 fully saturated rings. The summed E-state index contributed by atoms with van der Waals surface area (Å²) in [6.07, 6.45) is 1.84. The highest BCUT2D eigenvalue weighted by Crippen LogP contribution is 2.33. The highest BCUT2D eigenvalue weighted by molar-refractivity contribution is 5.95. The first-order valence-corrected chi connectivity index (χ1v) is 8.80. The van der Waals surface area contributed by atoms with Gasteiger partial charge in [-0.25, -0.2) is 4.39 Å². The summed E-state index contributed by atoms with van der Waals surface area (Å²) in [6.45, 7) is 7.19. The molecule has 4 heteroatoms. The van der Waals surface area contributed by atoms with Crippen molar-refractivity contribution in [1.82, 2.24) is 9.55 Å². The minimum atomic E-state index is -0.233. The lowest BCUT2D eigenvalue weighted by atomic mass is 10.1. The first-order chi connectivity index (χ1) is 12.5. The standard InChI is InChI=1S/C23H21FN2.ClH/c1-15-4-6-18(7-5-15)14-26-17(3)16(2)21-12-13-25-22(23(21)26)19-8-10-20(24)11-9-19;/h4-13H,14H2,1-3H3;1H. The van der Waals surface area contributed by atoms with Crippen LogP contribution in [-0.2, 0) is 6.54 Å². The normalized spacial score (nSPS) is 10.8. The molecule has 138 valence electrons. The van der Waals surface area contributed by atoms with E-state index in [1.54, 1.807) is 12.1 Å². The maximum atomic E-state index is 13.4. The molecule has 2 nitrogen and oxygen atoms in total. The maximum absolute atomic E-state index is 13.4. The van der Waals surface area contributed by atoms with Crippen LogP contribution in [0.15, 0.2) is 60.8 Å². The van der Waals surface area contributed by atoms with Gasteiger partial charge in [0.05, 0.1) is 11.2 Å². The van der Waals surface area contributed by atoms with Gasteiger partial charge in [-0.1, -0.05) is 29.8 Å². The summed E-state index contributed by atoms with van der Waals surface area (Å²) in [4.78, 5) is 4.63. The van der Waals surface area contributed by atoms with Gasteiger partial charge < -0.3 is 4.57 Å². The predicted molar refractivity (Wildman–Crippen MR) is 112 cm³/mol. The Morgan fingerprint density at radius 3 is 2.22 bits per heavy atom. The van der Waals surface area contributed by atoms with Gasteiger partial charge in [0.2, 0.25) is 0 Å². The zero-order chi connectivity index (χ0) is 18.3. The summed E-state index contributed by atoms with van der Waals surface area (Å²) in [6, 6.07) is 17.3. The molecule has 0 atom stereocenters. The largest absolute Gasteiger partial charge is 0.338 e. The minimum Gasteiger partial charge on any atom is -0.338 e. The van der Waals surface area contributed by atoms with E-state index in [1.165, 1.54) is 39.9 Å². The molecule has 2 aromatic heterocycles. The Morgan fingerprint density at radius 1 is 0.889 bits per heavy atom. The van der Waals surface area contributed by atoms with Gasteiger partial charge in [-0.15, -0.1) is 12.4 Å². The van der Waals surface area contributed by atoms with E-state index in [9.17, 15) is 4.39 Å². The van der Waals surface area contributed by atoms with E-state index in [4.69, 9.17) is 0 Å². The average Bonchev–Trinajstić information content (AvgIpc) is 2.89. The SMILES string of the molecule is Cc1ccc(Cn2c(C)c(C)c3ccnc(-c4ccc(F)cc4)c32)cc1.Cl. The lowest BCUT2D eigenvalue weighted by Gasteiger charge is -2.12. The lowest BCUT2D eigenvalue weighted by Crippen LogP contribution is -2.03. The van der Waals surface area contributed by atoms with E-state index < -0.39 is 0 Å². The summed E-state index contributed by atoms with van der Waals surface area (Å²) in [5, 5.41) is 1.20. The van der Waals surface area contributed by atoms with Crippen LogP contribution in [0.3, 0.4) is 0 Å². The van der Waals surface area contributed by atoms with Gasteiger partial charge in [0.25, 0.3) is 0 Å². The summed E-state index contributed by atoms with van der Waals surface area (Å²) >= 11 is 0. The molecule has 0 N–H and O–H groups in total. The van der Waals surface area contributed by atoms with Gasteiger partial charge in [-0.3, -0.25) is 4.98 Å². The van der Waals surface area contributed by atoms with Crippen molar-refractivity contribution in [3.8, 4) is 11.3 Å². The molecule has 0 saturated carbocycles. The highest BCUT2D eigenvalue weighted by Gasteiger charge is 2.16. The van der Waals surface area contributed by atoms with Crippen molar-refractivity contribution in [2.24, 2.45) is 0 Å². The van der Waals surface area contributed by atoms with Gasteiger partial charge in [-0.05, 0) is 62.2 Å². The van der Waals surface area contributed by atoms with Crippen LogP contribution in [0.4, 0.5) is 4.39 Å². The monoisotopic (exact) mass is 380 g/mol. The van der Waals surface area contributed by atoms with Crippen LogP contribution in [0.25, 0.3) is 22.2 Å². The molecule has 4 rings (SSSR count). The smallest absolute Gasteiger partial charge is 0.123 e. The molecule has 0 bridgehead atoms. The Hall–Kier alpha value is -2.65. The van der Waals surface area contributed by atoms with E-state index in [0.29, 0.717) is 0 Å². The molecule has 0 saturated heterocycles. The van der Waals surface area contributed by atoms with Gasteiger partial charge in [-0.2, -0.15) is 0 Å². The predicted octanol–water partition coefficient (Wildman–Crippen LogP) is 6.24. The molecule has 0 aliphatic heterocycles. The maximum Gasteiger partial charge on any atom is 0.123 e. The van der Waals surface area contributed by atoms with Crippen LogP contribution in [0.5, 0.6) is 0 Å². The lowest BCUT2D eigenvalue weighted by molar-refractivity contribution is 0.628. The van der Waals surface area contributed by atoms with E-state index in [-0.39, 0.29) is 18.2 Å². The summed E-state index contributed by atoms with van der Waals surface area (Å²) < 4.78 is 15.7.